The van der Waals surface area contributed by atoms with Crippen LogP contribution in [0.4, 0.5) is 0 Å². The Bertz CT molecular complexity index is 920. The van der Waals surface area contributed by atoms with Crippen molar-refractivity contribution in [1.82, 2.24) is 10.2 Å². The van der Waals surface area contributed by atoms with E-state index in [1.165, 1.54) is 0 Å². The van der Waals surface area contributed by atoms with Gasteiger partial charge in [0.1, 0.15) is 6.04 Å². The van der Waals surface area contributed by atoms with Gasteiger partial charge in [0.25, 0.3) is 0 Å². The summed E-state index contributed by atoms with van der Waals surface area (Å²) >= 11 is 24.3. The maximum absolute atomic E-state index is 13.3. The molecule has 2 aromatic rings. The molecule has 0 unspecified atom stereocenters. The largest absolute Gasteiger partial charge is 0.354 e. The Balaban J connectivity index is 2.29. The molecule has 168 valence electrons. The summed E-state index contributed by atoms with van der Waals surface area (Å²) in [5.41, 5.74) is 1.51. The number of rotatable bonds is 10. The smallest absolute Gasteiger partial charge is 0.242 e. The molecule has 0 saturated heterocycles. The van der Waals surface area contributed by atoms with Crippen LogP contribution >= 0.6 is 46.4 Å². The third-order valence-corrected chi connectivity index (χ3v) is 6.37. The molecule has 2 amide bonds. The summed E-state index contributed by atoms with van der Waals surface area (Å²) in [5, 5.41) is 4.58. The topological polar surface area (TPSA) is 49.4 Å². The third-order valence-electron chi connectivity index (χ3n) is 4.89. The Morgan fingerprint density at radius 3 is 2.03 bits per heavy atom. The van der Waals surface area contributed by atoms with Gasteiger partial charge in [-0.15, -0.1) is 0 Å². The predicted octanol–water partition coefficient (Wildman–Crippen LogP) is 6.57. The highest BCUT2D eigenvalue weighted by Crippen LogP contribution is 2.26. The lowest BCUT2D eigenvalue weighted by molar-refractivity contribution is -0.140. The van der Waals surface area contributed by atoms with Gasteiger partial charge in [0, 0.05) is 13.1 Å². The summed E-state index contributed by atoms with van der Waals surface area (Å²) < 4.78 is 0. The number of carbonyl (C=O) groups is 2. The monoisotopic (exact) mass is 502 g/mol. The number of nitrogens with one attached hydrogen (secondary N) is 1. The molecule has 0 heterocycles. The van der Waals surface area contributed by atoms with Crippen molar-refractivity contribution in [3.05, 3.63) is 67.6 Å². The number of nitrogens with zero attached hydrogens (tertiary/aromatic N) is 1. The van der Waals surface area contributed by atoms with Crippen molar-refractivity contribution in [3.8, 4) is 0 Å². The molecule has 0 spiro atoms. The Hall–Kier alpha value is -1.46. The molecule has 0 bridgehead atoms. The van der Waals surface area contributed by atoms with Crippen molar-refractivity contribution >= 4 is 58.2 Å². The zero-order valence-corrected chi connectivity index (χ0v) is 20.6. The molecule has 0 fully saturated rings. The van der Waals surface area contributed by atoms with Crippen molar-refractivity contribution in [2.45, 2.75) is 52.1 Å². The first-order valence-electron chi connectivity index (χ1n) is 10.2. The lowest BCUT2D eigenvalue weighted by atomic mass is 10.1. The van der Waals surface area contributed by atoms with Crippen LogP contribution in [0, 0.1) is 0 Å². The minimum atomic E-state index is -0.610. The fraction of sp³-hybridized carbons (Fsp3) is 0.391. The quantitative estimate of drug-likeness (QED) is 0.373. The van der Waals surface area contributed by atoms with E-state index in [9.17, 15) is 9.59 Å². The van der Waals surface area contributed by atoms with Crippen molar-refractivity contribution in [2.24, 2.45) is 0 Å². The van der Waals surface area contributed by atoms with Gasteiger partial charge in [-0.2, -0.15) is 0 Å². The average molecular weight is 504 g/mol. The van der Waals surface area contributed by atoms with E-state index in [1.807, 2.05) is 6.92 Å². The van der Waals surface area contributed by atoms with Crippen LogP contribution in [0.15, 0.2) is 36.4 Å². The van der Waals surface area contributed by atoms with E-state index in [1.54, 1.807) is 41.3 Å². The zero-order chi connectivity index (χ0) is 23.0. The Morgan fingerprint density at radius 1 is 0.903 bits per heavy atom. The molecule has 0 aliphatic rings. The van der Waals surface area contributed by atoms with Gasteiger partial charge >= 0.3 is 0 Å². The molecular weight excluding hydrogens is 478 g/mol. The van der Waals surface area contributed by atoms with Crippen LogP contribution < -0.4 is 5.32 Å². The molecular formula is C23H26Cl4N2O2. The van der Waals surface area contributed by atoms with Crippen LogP contribution in [0.25, 0.3) is 0 Å². The number of unbranched alkanes of at least 4 members (excludes halogenated alkanes) is 1. The second-order valence-electron chi connectivity index (χ2n) is 7.26. The van der Waals surface area contributed by atoms with Crippen molar-refractivity contribution in [1.29, 1.82) is 0 Å². The van der Waals surface area contributed by atoms with Crippen LogP contribution in [-0.4, -0.2) is 29.3 Å². The summed E-state index contributed by atoms with van der Waals surface area (Å²) in [6.07, 6.45) is 2.43. The maximum Gasteiger partial charge on any atom is 0.242 e. The lowest BCUT2D eigenvalue weighted by Crippen LogP contribution is -2.49. The van der Waals surface area contributed by atoms with Gasteiger partial charge in [-0.05, 0) is 48.2 Å². The summed E-state index contributed by atoms with van der Waals surface area (Å²) in [6.45, 7) is 4.75. The first-order valence-corrected chi connectivity index (χ1v) is 11.7. The zero-order valence-electron chi connectivity index (χ0n) is 17.6. The second-order valence-corrected chi connectivity index (χ2v) is 8.89. The van der Waals surface area contributed by atoms with Gasteiger partial charge in [-0.1, -0.05) is 78.8 Å². The van der Waals surface area contributed by atoms with Crippen LogP contribution in [0.2, 0.25) is 20.1 Å². The fourth-order valence-electron chi connectivity index (χ4n) is 3.19. The van der Waals surface area contributed by atoms with E-state index in [-0.39, 0.29) is 24.8 Å². The number of benzene rings is 2. The van der Waals surface area contributed by atoms with Crippen LogP contribution in [0.1, 0.15) is 44.2 Å². The van der Waals surface area contributed by atoms with Crippen LogP contribution in [0.5, 0.6) is 0 Å². The molecule has 1 atom stereocenters. The number of amides is 2. The highest BCUT2D eigenvalue weighted by atomic mass is 35.5. The molecule has 0 saturated carbocycles. The number of carbonyl (C=O) groups excluding carboxylic acids is 2. The summed E-state index contributed by atoms with van der Waals surface area (Å²) in [4.78, 5) is 27.8. The van der Waals surface area contributed by atoms with Gasteiger partial charge in [-0.3, -0.25) is 9.59 Å². The van der Waals surface area contributed by atoms with Gasteiger partial charge in [-0.25, -0.2) is 0 Å². The molecule has 0 aliphatic carbocycles. The van der Waals surface area contributed by atoms with E-state index in [0.717, 1.165) is 24.0 Å². The molecule has 1 N–H and O–H groups in total. The van der Waals surface area contributed by atoms with E-state index >= 15 is 0 Å². The van der Waals surface area contributed by atoms with Gasteiger partial charge in [0.05, 0.1) is 26.5 Å². The van der Waals surface area contributed by atoms with Gasteiger partial charge < -0.3 is 10.2 Å². The normalized spacial score (nSPS) is 11.8. The molecule has 0 aliphatic heterocycles. The number of halogens is 4. The van der Waals surface area contributed by atoms with Crippen molar-refractivity contribution < 1.29 is 9.59 Å². The highest BCUT2D eigenvalue weighted by Gasteiger charge is 2.28. The first-order chi connectivity index (χ1) is 14.8. The van der Waals surface area contributed by atoms with E-state index in [0.29, 0.717) is 33.1 Å². The summed E-state index contributed by atoms with van der Waals surface area (Å²) in [7, 11) is 0. The fourth-order valence-corrected chi connectivity index (χ4v) is 3.83. The predicted molar refractivity (Wildman–Crippen MR) is 129 cm³/mol. The van der Waals surface area contributed by atoms with Crippen LogP contribution in [-0.2, 0) is 22.6 Å². The highest BCUT2D eigenvalue weighted by molar-refractivity contribution is 6.42. The molecule has 2 rings (SSSR count). The molecule has 31 heavy (non-hydrogen) atoms. The molecule has 8 heteroatoms. The maximum atomic E-state index is 13.3. The van der Waals surface area contributed by atoms with E-state index in [2.05, 4.69) is 12.2 Å². The lowest BCUT2D eigenvalue weighted by Gasteiger charge is -2.31. The third kappa shape index (κ3) is 7.57. The number of hydrogen-bond acceptors (Lipinski definition) is 2. The first kappa shape index (κ1) is 25.8. The Kier molecular flexibility index (Phi) is 10.4. The van der Waals surface area contributed by atoms with Crippen molar-refractivity contribution in [3.63, 3.8) is 0 Å². The number of hydrogen-bond donors (Lipinski definition) is 1. The van der Waals surface area contributed by atoms with E-state index < -0.39 is 6.04 Å². The van der Waals surface area contributed by atoms with Crippen LogP contribution in [0.3, 0.4) is 0 Å². The van der Waals surface area contributed by atoms with E-state index in [4.69, 9.17) is 46.4 Å². The minimum Gasteiger partial charge on any atom is -0.354 e. The average Bonchev–Trinajstić information content (AvgIpc) is 2.73. The molecule has 0 aromatic heterocycles. The molecule has 4 nitrogen and oxygen atoms in total. The standard InChI is InChI=1S/C23H26Cl4N2O2/c1-3-5-10-28-23(31)21(4-2)29(14-16-7-9-18(25)20(27)12-16)22(30)13-15-6-8-17(24)19(26)11-15/h6-9,11-12,21H,3-5,10,13-14H2,1-2H3,(H,28,31)/t21-/m0/s1. The minimum absolute atomic E-state index is 0.0942. The summed E-state index contributed by atoms with van der Waals surface area (Å²) in [6, 6.07) is 9.67. The van der Waals surface area contributed by atoms with Gasteiger partial charge in [0.2, 0.25) is 11.8 Å². The van der Waals surface area contributed by atoms with Crippen molar-refractivity contribution in [2.75, 3.05) is 6.54 Å². The second kappa shape index (κ2) is 12.5. The SMILES string of the molecule is CCCCNC(=O)[C@H](CC)N(Cc1ccc(Cl)c(Cl)c1)C(=O)Cc1ccc(Cl)c(Cl)c1. The molecule has 0 radical (unpaired) electrons. The molecule has 2 aromatic carbocycles. The Morgan fingerprint density at radius 2 is 1.48 bits per heavy atom. The summed E-state index contributed by atoms with van der Waals surface area (Å²) in [5.74, 6) is -0.361. The van der Waals surface area contributed by atoms with Gasteiger partial charge in [0.15, 0.2) is 0 Å². The Labute approximate surface area is 203 Å².